The second kappa shape index (κ2) is 8.49. The third kappa shape index (κ3) is 4.32. The van der Waals surface area contributed by atoms with Crippen molar-refractivity contribution in [3.05, 3.63) is 89.5 Å². The number of carbonyl (C=O) groups excluding carboxylic acids is 1. The fraction of sp³-hybridized carbons (Fsp3) is 0.174. The molecular formula is C23H24N2O3S. The Morgan fingerprint density at radius 3 is 2.34 bits per heavy atom. The standard InChI is InChI=1S/C23H24N2O3S/c1-4-18-11-8-10-17(2)22(18)24-23(26)19-12-9-15-21(16-19)29(27,28)25(3)20-13-6-5-7-14-20/h5-16H,4H2,1-3H3,(H,24,26). The SMILES string of the molecule is CCc1cccc(C)c1NC(=O)c1cccc(S(=O)(=O)N(C)c2ccccc2)c1. The molecule has 0 heterocycles. The van der Waals surface area contributed by atoms with Crippen molar-refractivity contribution in [1.82, 2.24) is 0 Å². The summed E-state index contributed by atoms with van der Waals surface area (Å²) in [5.41, 5.74) is 3.61. The maximum Gasteiger partial charge on any atom is 0.264 e. The molecule has 0 aliphatic heterocycles. The Bertz CT molecular complexity index is 1130. The van der Waals surface area contributed by atoms with Gasteiger partial charge in [-0.2, -0.15) is 0 Å². The van der Waals surface area contributed by atoms with Crippen LogP contribution in [0, 0.1) is 6.92 Å². The number of benzene rings is 3. The van der Waals surface area contributed by atoms with E-state index in [-0.39, 0.29) is 16.4 Å². The maximum atomic E-state index is 13.0. The van der Waals surface area contributed by atoms with Crippen molar-refractivity contribution in [3.63, 3.8) is 0 Å². The van der Waals surface area contributed by atoms with Gasteiger partial charge in [0.05, 0.1) is 10.6 Å². The fourth-order valence-electron chi connectivity index (χ4n) is 3.12. The lowest BCUT2D eigenvalue weighted by Gasteiger charge is -2.20. The molecule has 1 N–H and O–H groups in total. The van der Waals surface area contributed by atoms with Crippen LogP contribution in [-0.2, 0) is 16.4 Å². The van der Waals surface area contributed by atoms with Crippen molar-refractivity contribution in [1.29, 1.82) is 0 Å². The van der Waals surface area contributed by atoms with Gasteiger partial charge in [-0.3, -0.25) is 9.10 Å². The van der Waals surface area contributed by atoms with Gasteiger partial charge in [0, 0.05) is 18.3 Å². The van der Waals surface area contributed by atoms with Gasteiger partial charge in [0.1, 0.15) is 0 Å². The van der Waals surface area contributed by atoms with Crippen LogP contribution in [0.5, 0.6) is 0 Å². The Morgan fingerprint density at radius 2 is 1.66 bits per heavy atom. The normalized spacial score (nSPS) is 11.1. The summed E-state index contributed by atoms with van der Waals surface area (Å²) in [6, 6.07) is 20.8. The third-order valence-electron chi connectivity index (χ3n) is 4.85. The highest BCUT2D eigenvalue weighted by Gasteiger charge is 2.22. The third-order valence-corrected chi connectivity index (χ3v) is 6.63. The molecule has 0 aliphatic rings. The van der Waals surface area contributed by atoms with Crippen molar-refractivity contribution in [2.45, 2.75) is 25.2 Å². The van der Waals surface area contributed by atoms with Gasteiger partial charge in [0.2, 0.25) is 0 Å². The van der Waals surface area contributed by atoms with Crippen molar-refractivity contribution in [2.24, 2.45) is 0 Å². The minimum absolute atomic E-state index is 0.0667. The minimum Gasteiger partial charge on any atom is -0.321 e. The maximum absolute atomic E-state index is 13.0. The summed E-state index contributed by atoms with van der Waals surface area (Å²) in [7, 11) is -2.29. The first-order valence-corrected chi connectivity index (χ1v) is 10.8. The molecule has 0 spiro atoms. The van der Waals surface area contributed by atoms with Crippen LogP contribution in [0.2, 0.25) is 0 Å². The molecule has 1 amide bonds. The molecule has 3 aromatic carbocycles. The summed E-state index contributed by atoms with van der Waals surface area (Å²) >= 11 is 0. The fourth-order valence-corrected chi connectivity index (χ4v) is 4.36. The summed E-state index contributed by atoms with van der Waals surface area (Å²) in [4.78, 5) is 12.9. The Kier molecular flexibility index (Phi) is 6.03. The molecule has 0 saturated carbocycles. The summed E-state index contributed by atoms with van der Waals surface area (Å²) in [5, 5.41) is 2.94. The van der Waals surface area contributed by atoms with E-state index in [1.54, 1.807) is 36.4 Å². The van der Waals surface area contributed by atoms with E-state index >= 15 is 0 Å². The van der Waals surface area contributed by atoms with E-state index in [9.17, 15) is 13.2 Å². The molecule has 0 fully saturated rings. The molecule has 0 bridgehead atoms. The van der Waals surface area contributed by atoms with Crippen LogP contribution in [0.3, 0.4) is 0 Å². The molecule has 0 aromatic heterocycles. The van der Waals surface area contributed by atoms with Gasteiger partial charge in [-0.25, -0.2) is 8.42 Å². The first-order valence-electron chi connectivity index (χ1n) is 9.38. The predicted molar refractivity (Wildman–Crippen MR) is 117 cm³/mol. The van der Waals surface area contributed by atoms with Crippen LogP contribution >= 0.6 is 0 Å². The minimum atomic E-state index is -3.79. The highest BCUT2D eigenvalue weighted by atomic mass is 32.2. The second-order valence-corrected chi connectivity index (χ2v) is 8.72. The van der Waals surface area contributed by atoms with E-state index in [1.165, 1.54) is 23.5 Å². The highest BCUT2D eigenvalue weighted by Crippen LogP contribution is 2.24. The van der Waals surface area contributed by atoms with Crippen LogP contribution in [0.4, 0.5) is 11.4 Å². The number of amides is 1. The van der Waals surface area contributed by atoms with Crippen LogP contribution in [-0.4, -0.2) is 21.4 Å². The first kappa shape index (κ1) is 20.6. The molecule has 0 aliphatic carbocycles. The molecule has 0 unspecified atom stereocenters. The molecule has 5 nitrogen and oxygen atoms in total. The summed E-state index contributed by atoms with van der Waals surface area (Å²) in [6.45, 7) is 3.96. The van der Waals surface area contributed by atoms with Gasteiger partial charge < -0.3 is 5.32 Å². The van der Waals surface area contributed by atoms with Crippen molar-refractivity contribution >= 4 is 27.3 Å². The molecule has 0 radical (unpaired) electrons. The Hall–Kier alpha value is -3.12. The van der Waals surface area contributed by atoms with E-state index in [2.05, 4.69) is 5.32 Å². The average molecular weight is 409 g/mol. The highest BCUT2D eigenvalue weighted by molar-refractivity contribution is 7.92. The number of nitrogens with one attached hydrogen (secondary N) is 1. The summed E-state index contributed by atoms with van der Waals surface area (Å²) in [6.07, 6.45) is 0.785. The number of nitrogens with zero attached hydrogens (tertiary/aromatic N) is 1. The van der Waals surface area contributed by atoms with Crippen LogP contribution in [0.1, 0.15) is 28.4 Å². The van der Waals surface area contributed by atoms with Crippen LogP contribution in [0.25, 0.3) is 0 Å². The monoisotopic (exact) mass is 408 g/mol. The van der Waals surface area contributed by atoms with Gasteiger partial charge in [-0.05, 0) is 54.8 Å². The predicted octanol–water partition coefficient (Wildman–Crippen LogP) is 4.63. The van der Waals surface area contributed by atoms with Gasteiger partial charge in [0.25, 0.3) is 15.9 Å². The number of aryl methyl sites for hydroxylation is 2. The number of carbonyl (C=O) groups is 1. The van der Waals surface area contributed by atoms with Crippen LogP contribution in [0.15, 0.2) is 77.7 Å². The number of sulfonamides is 1. The summed E-state index contributed by atoms with van der Waals surface area (Å²) < 4.78 is 27.2. The van der Waals surface area contributed by atoms with E-state index in [0.717, 1.165) is 23.2 Å². The van der Waals surface area contributed by atoms with Crippen molar-refractivity contribution in [2.75, 3.05) is 16.7 Å². The lowest BCUT2D eigenvalue weighted by molar-refractivity contribution is 0.102. The number of rotatable bonds is 6. The quantitative estimate of drug-likeness (QED) is 0.646. The zero-order chi connectivity index (χ0) is 21.0. The molecule has 6 heteroatoms. The molecule has 0 atom stereocenters. The lowest BCUT2D eigenvalue weighted by atomic mass is 10.1. The van der Waals surface area contributed by atoms with Gasteiger partial charge in [-0.1, -0.05) is 49.4 Å². The number of hydrogen-bond donors (Lipinski definition) is 1. The zero-order valence-corrected chi connectivity index (χ0v) is 17.5. The second-order valence-electron chi connectivity index (χ2n) is 6.75. The Balaban J connectivity index is 1.91. The van der Waals surface area contributed by atoms with Gasteiger partial charge >= 0.3 is 0 Å². The lowest BCUT2D eigenvalue weighted by Crippen LogP contribution is -2.26. The molecule has 0 saturated heterocycles. The summed E-state index contributed by atoms with van der Waals surface area (Å²) in [5.74, 6) is -0.339. The van der Waals surface area contributed by atoms with Crippen molar-refractivity contribution < 1.29 is 13.2 Å². The first-order chi connectivity index (χ1) is 13.8. The van der Waals surface area contributed by atoms with E-state index < -0.39 is 10.0 Å². The molecule has 29 heavy (non-hydrogen) atoms. The average Bonchev–Trinajstić information content (AvgIpc) is 2.75. The Morgan fingerprint density at radius 1 is 0.966 bits per heavy atom. The van der Waals surface area contributed by atoms with E-state index in [4.69, 9.17) is 0 Å². The molecule has 3 aromatic rings. The van der Waals surface area contributed by atoms with Crippen molar-refractivity contribution in [3.8, 4) is 0 Å². The smallest absolute Gasteiger partial charge is 0.264 e. The van der Waals surface area contributed by atoms with E-state index in [0.29, 0.717) is 5.69 Å². The molecular weight excluding hydrogens is 384 g/mol. The number of anilines is 2. The largest absolute Gasteiger partial charge is 0.321 e. The molecule has 3 rings (SSSR count). The number of hydrogen-bond acceptors (Lipinski definition) is 3. The van der Waals surface area contributed by atoms with Crippen LogP contribution < -0.4 is 9.62 Å². The zero-order valence-electron chi connectivity index (χ0n) is 16.7. The Labute approximate surface area is 172 Å². The van der Waals surface area contributed by atoms with E-state index in [1.807, 2.05) is 38.1 Å². The van der Waals surface area contributed by atoms with Gasteiger partial charge in [-0.15, -0.1) is 0 Å². The van der Waals surface area contributed by atoms with Gasteiger partial charge in [0.15, 0.2) is 0 Å². The number of para-hydroxylation sites is 2. The topological polar surface area (TPSA) is 66.5 Å². The molecule has 150 valence electrons.